The van der Waals surface area contributed by atoms with E-state index in [4.69, 9.17) is 5.84 Å². The Balaban J connectivity index is 2.35. The summed E-state index contributed by atoms with van der Waals surface area (Å²) in [5.41, 5.74) is -0.264. The van der Waals surface area contributed by atoms with Gasteiger partial charge in [0.2, 0.25) is 11.1 Å². The molecule has 0 fully saturated rings. The number of rotatable bonds is 7. The molecule has 0 saturated carbocycles. The monoisotopic (exact) mass is 315 g/mol. The van der Waals surface area contributed by atoms with Gasteiger partial charge in [0.05, 0.1) is 12.9 Å². The SMILES string of the molecule is COC(=O)CCCNC(=O)CSc1nnc(C)c(=O)n1N. The van der Waals surface area contributed by atoms with Gasteiger partial charge in [-0.25, -0.2) is 0 Å². The predicted molar refractivity (Wildman–Crippen MR) is 76.2 cm³/mol. The van der Waals surface area contributed by atoms with Gasteiger partial charge in [-0.3, -0.25) is 14.4 Å². The van der Waals surface area contributed by atoms with Crippen molar-refractivity contribution in [1.29, 1.82) is 0 Å². The maximum absolute atomic E-state index is 11.6. The number of nitrogens with zero attached hydrogens (tertiary/aromatic N) is 3. The maximum Gasteiger partial charge on any atom is 0.305 e. The molecule has 0 bridgehead atoms. The second-order valence-electron chi connectivity index (χ2n) is 4.06. The molecular formula is C11H17N5O4S. The van der Waals surface area contributed by atoms with Crippen LogP contribution in [0.4, 0.5) is 0 Å². The van der Waals surface area contributed by atoms with Crippen molar-refractivity contribution in [2.24, 2.45) is 0 Å². The first-order valence-electron chi connectivity index (χ1n) is 6.13. The van der Waals surface area contributed by atoms with Gasteiger partial charge >= 0.3 is 5.97 Å². The van der Waals surface area contributed by atoms with E-state index in [2.05, 4.69) is 20.3 Å². The Morgan fingerprint density at radius 2 is 2.14 bits per heavy atom. The van der Waals surface area contributed by atoms with Gasteiger partial charge in [0.1, 0.15) is 5.69 Å². The highest BCUT2D eigenvalue weighted by Crippen LogP contribution is 2.10. The van der Waals surface area contributed by atoms with Crippen LogP contribution < -0.4 is 16.7 Å². The van der Waals surface area contributed by atoms with Crippen molar-refractivity contribution in [3.05, 3.63) is 16.0 Å². The second-order valence-corrected chi connectivity index (χ2v) is 5.00. The number of methoxy groups -OCH3 is 1. The standard InChI is InChI=1S/C11H17N5O4S/c1-7-10(19)16(12)11(15-14-7)21-6-8(17)13-5-3-4-9(18)20-2/h3-6,12H2,1-2H3,(H,13,17). The summed E-state index contributed by atoms with van der Waals surface area (Å²) in [6, 6.07) is 0. The van der Waals surface area contributed by atoms with Crippen LogP contribution in [0.15, 0.2) is 9.95 Å². The summed E-state index contributed by atoms with van der Waals surface area (Å²) in [7, 11) is 1.31. The zero-order valence-corrected chi connectivity index (χ0v) is 12.6. The number of hydrogen-bond acceptors (Lipinski definition) is 8. The number of hydrogen-bond donors (Lipinski definition) is 2. The van der Waals surface area contributed by atoms with Crippen LogP contribution in [0.5, 0.6) is 0 Å². The van der Waals surface area contributed by atoms with E-state index in [9.17, 15) is 14.4 Å². The molecule has 116 valence electrons. The van der Waals surface area contributed by atoms with Crippen molar-refractivity contribution in [3.8, 4) is 0 Å². The lowest BCUT2D eigenvalue weighted by atomic mass is 10.3. The number of aromatic nitrogens is 3. The van der Waals surface area contributed by atoms with Crippen molar-refractivity contribution in [2.45, 2.75) is 24.9 Å². The number of thioether (sulfide) groups is 1. The van der Waals surface area contributed by atoms with Gasteiger partial charge in [-0.15, -0.1) is 10.2 Å². The molecule has 0 radical (unpaired) electrons. The third-order valence-corrected chi connectivity index (χ3v) is 3.40. The normalized spacial score (nSPS) is 10.2. The molecule has 1 aromatic rings. The minimum atomic E-state index is -0.453. The first kappa shape index (κ1) is 17.0. The molecule has 0 spiro atoms. The van der Waals surface area contributed by atoms with Crippen LogP contribution in [-0.4, -0.2) is 46.2 Å². The zero-order valence-electron chi connectivity index (χ0n) is 11.8. The minimum Gasteiger partial charge on any atom is -0.469 e. The van der Waals surface area contributed by atoms with E-state index in [0.29, 0.717) is 13.0 Å². The zero-order chi connectivity index (χ0) is 15.8. The first-order valence-corrected chi connectivity index (χ1v) is 7.12. The Labute approximate surface area is 125 Å². The molecule has 9 nitrogen and oxygen atoms in total. The third-order valence-electron chi connectivity index (χ3n) is 2.46. The molecule has 21 heavy (non-hydrogen) atoms. The molecule has 0 aliphatic carbocycles. The number of amides is 1. The van der Waals surface area contributed by atoms with Gasteiger partial charge < -0.3 is 15.9 Å². The number of aryl methyl sites for hydroxylation is 1. The molecule has 0 atom stereocenters. The Kier molecular flexibility index (Phi) is 6.66. The highest BCUT2D eigenvalue weighted by atomic mass is 32.2. The van der Waals surface area contributed by atoms with Crippen LogP contribution >= 0.6 is 11.8 Å². The summed E-state index contributed by atoms with van der Waals surface area (Å²) in [5, 5.41) is 10.2. The van der Waals surface area contributed by atoms with E-state index < -0.39 is 5.56 Å². The van der Waals surface area contributed by atoms with Crippen LogP contribution in [0.3, 0.4) is 0 Å². The largest absolute Gasteiger partial charge is 0.469 e. The number of nitrogens with one attached hydrogen (secondary N) is 1. The number of ether oxygens (including phenoxy) is 1. The Hall–Kier alpha value is -2.10. The van der Waals surface area contributed by atoms with Crippen LogP contribution in [0.25, 0.3) is 0 Å². The topological polar surface area (TPSA) is 129 Å². The Bertz CT molecular complexity index is 574. The molecule has 0 unspecified atom stereocenters. The number of carbonyl (C=O) groups is 2. The molecule has 1 heterocycles. The molecule has 0 aliphatic rings. The van der Waals surface area contributed by atoms with Crippen molar-refractivity contribution in [1.82, 2.24) is 20.2 Å². The van der Waals surface area contributed by atoms with Crippen LogP contribution in [0, 0.1) is 6.92 Å². The molecular weight excluding hydrogens is 298 g/mol. The first-order chi connectivity index (χ1) is 9.95. The van der Waals surface area contributed by atoms with Crippen molar-refractivity contribution >= 4 is 23.6 Å². The summed E-state index contributed by atoms with van der Waals surface area (Å²) in [6.07, 6.45) is 0.741. The molecule has 10 heteroatoms. The van der Waals surface area contributed by atoms with Crippen molar-refractivity contribution < 1.29 is 14.3 Å². The van der Waals surface area contributed by atoms with Crippen molar-refractivity contribution in [3.63, 3.8) is 0 Å². The smallest absolute Gasteiger partial charge is 0.305 e. The third kappa shape index (κ3) is 5.42. The maximum atomic E-state index is 11.6. The average Bonchev–Trinajstić information content (AvgIpc) is 2.48. The Morgan fingerprint density at radius 3 is 2.81 bits per heavy atom. The highest BCUT2D eigenvalue weighted by Gasteiger charge is 2.10. The molecule has 0 aliphatic heterocycles. The second kappa shape index (κ2) is 8.25. The summed E-state index contributed by atoms with van der Waals surface area (Å²) >= 11 is 1.01. The number of esters is 1. The molecule has 1 aromatic heterocycles. The van der Waals surface area contributed by atoms with Gasteiger partial charge in [-0.1, -0.05) is 11.8 Å². The lowest BCUT2D eigenvalue weighted by Crippen LogP contribution is -2.33. The van der Waals surface area contributed by atoms with E-state index in [0.717, 1.165) is 16.4 Å². The van der Waals surface area contributed by atoms with E-state index in [-0.39, 0.29) is 34.9 Å². The molecule has 1 amide bonds. The molecule has 1 rings (SSSR count). The molecule has 0 saturated heterocycles. The minimum absolute atomic E-state index is 0.0482. The average molecular weight is 315 g/mol. The van der Waals surface area contributed by atoms with Gasteiger partial charge in [0, 0.05) is 13.0 Å². The van der Waals surface area contributed by atoms with Gasteiger partial charge in [-0.05, 0) is 13.3 Å². The lowest BCUT2D eigenvalue weighted by Gasteiger charge is -2.06. The summed E-state index contributed by atoms with van der Waals surface area (Å²) in [5.74, 6) is 5.02. The van der Waals surface area contributed by atoms with E-state index >= 15 is 0 Å². The van der Waals surface area contributed by atoms with E-state index in [1.165, 1.54) is 14.0 Å². The van der Waals surface area contributed by atoms with Gasteiger partial charge in [0.15, 0.2) is 0 Å². The van der Waals surface area contributed by atoms with Gasteiger partial charge in [0.25, 0.3) is 5.56 Å². The number of carbonyl (C=O) groups excluding carboxylic acids is 2. The fourth-order valence-electron chi connectivity index (χ4n) is 1.31. The highest BCUT2D eigenvalue weighted by molar-refractivity contribution is 7.99. The van der Waals surface area contributed by atoms with E-state index in [1.54, 1.807) is 0 Å². The predicted octanol–water partition coefficient (Wildman–Crippen LogP) is -1.18. The summed E-state index contributed by atoms with van der Waals surface area (Å²) in [6.45, 7) is 1.87. The fraction of sp³-hybridized carbons (Fsp3) is 0.545. The quantitative estimate of drug-likeness (QED) is 0.278. The molecule has 0 aromatic carbocycles. The van der Waals surface area contributed by atoms with Crippen LogP contribution in [0.1, 0.15) is 18.5 Å². The molecule has 3 N–H and O–H groups in total. The number of nitrogen functional groups attached to an aromatic ring is 1. The van der Waals surface area contributed by atoms with Crippen molar-refractivity contribution in [2.75, 3.05) is 25.3 Å². The lowest BCUT2D eigenvalue weighted by molar-refractivity contribution is -0.140. The van der Waals surface area contributed by atoms with Crippen LogP contribution in [-0.2, 0) is 14.3 Å². The summed E-state index contributed by atoms with van der Waals surface area (Å²) < 4.78 is 5.34. The number of nitrogens with two attached hydrogens (primary N) is 1. The van der Waals surface area contributed by atoms with Crippen LogP contribution in [0.2, 0.25) is 0 Å². The van der Waals surface area contributed by atoms with Gasteiger partial charge in [-0.2, -0.15) is 4.68 Å². The van der Waals surface area contributed by atoms with E-state index in [1.807, 2.05) is 0 Å². The fourth-order valence-corrected chi connectivity index (χ4v) is 1.99. The summed E-state index contributed by atoms with van der Waals surface area (Å²) in [4.78, 5) is 33.9. The Morgan fingerprint density at radius 1 is 1.43 bits per heavy atom.